The normalized spacial score (nSPS) is 19.0. The third-order valence-corrected chi connectivity index (χ3v) is 1.67. The molecule has 1 rings (SSSR count). The molecule has 0 unspecified atom stereocenters. The molecule has 3 nitrogen and oxygen atoms in total. The molecule has 11 heavy (non-hydrogen) atoms. The zero-order chi connectivity index (χ0) is 8.65. The Bertz CT molecular complexity index is 207. The number of hydrogen-bond donors (Lipinski definition) is 0. The van der Waals surface area contributed by atoms with Gasteiger partial charge in [-0.25, -0.2) is 0 Å². The Balaban J connectivity index is 2.76. The summed E-state index contributed by atoms with van der Waals surface area (Å²) in [4.78, 5) is 23.4. The van der Waals surface area contributed by atoms with Crippen LogP contribution in [0.3, 0.4) is 0 Å². The molecule has 1 saturated heterocycles. The van der Waals surface area contributed by atoms with Crippen LogP contribution >= 0.6 is 0 Å². The molecule has 0 aliphatic carbocycles. The molecule has 1 aliphatic heterocycles. The smallest absolute Gasteiger partial charge is 0.323 e. The minimum Gasteiger partial charge on any atom is -0.340 e. The highest BCUT2D eigenvalue weighted by atomic mass is 16.2. The van der Waals surface area contributed by atoms with E-state index in [1.165, 1.54) is 0 Å². The summed E-state index contributed by atoms with van der Waals surface area (Å²) in [6.45, 7) is 5.98. The predicted molar refractivity (Wildman–Crippen MR) is 42.6 cm³/mol. The zero-order valence-electron chi connectivity index (χ0n) is 7.05. The Morgan fingerprint density at radius 2 is 1.91 bits per heavy atom. The SMILES string of the molecule is CC(C)(C)N1CC(=O)[B]C1=O. The van der Waals surface area contributed by atoms with E-state index in [0.29, 0.717) is 0 Å². The molecule has 0 saturated carbocycles. The van der Waals surface area contributed by atoms with Gasteiger partial charge in [0, 0.05) is 5.54 Å². The summed E-state index contributed by atoms with van der Waals surface area (Å²) in [5.41, 5.74) is -0.329. The van der Waals surface area contributed by atoms with Gasteiger partial charge in [-0.2, -0.15) is 0 Å². The van der Waals surface area contributed by atoms with Crippen molar-refractivity contribution in [2.45, 2.75) is 26.3 Å². The number of nitrogens with zero attached hydrogens (tertiary/aromatic N) is 1. The highest BCUT2D eigenvalue weighted by Crippen LogP contribution is 2.16. The van der Waals surface area contributed by atoms with Gasteiger partial charge in [-0.3, -0.25) is 4.79 Å². The molecule has 0 N–H and O–H groups in total. The first-order valence-electron chi connectivity index (χ1n) is 3.60. The minimum atomic E-state index is -0.236. The number of carbonyl (C=O) groups is 2. The molecule has 1 amide bonds. The first kappa shape index (κ1) is 8.30. The van der Waals surface area contributed by atoms with E-state index >= 15 is 0 Å². The predicted octanol–water partition coefficient (Wildman–Crippen LogP) is 0.451. The standard InChI is InChI=1S/C7H11BNO2/c1-7(2,3)9-4-5(10)8-6(9)11/h4H2,1-3H3. The zero-order valence-corrected chi connectivity index (χ0v) is 7.05. The van der Waals surface area contributed by atoms with Crippen LogP contribution in [0.4, 0.5) is 4.79 Å². The third-order valence-electron chi connectivity index (χ3n) is 1.67. The van der Waals surface area contributed by atoms with E-state index in [2.05, 4.69) is 0 Å². The fraction of sp³-hybridized carbons (Fsp3) is 0.714. The molecule has 1 aliphatic rings. The molecule has 59 valence electrons. The summed E-state index contributed by atoms with van der Waals surface area (Å²) in [6, 6.07) is 0. The Morgan fingerprint density at radius 3 is 2.09 bits per heavy atom. The van der Waals surface area contributed by atoms with Crippen molar-refractivity contribution in [2.24, 2.45) is 0 Å². The van der Waals surface area contributed by atoms with Crippen LogP contribution in [-0.2, 0) is 4.79 Å². The number of hydrogen-bond acceptors (Lipinski definition) is 2. The summed E-state index contributed by atoms with van der Waals surface area (Å²) < 4.78 is 0. The third kappa shape index (κ3) is 1.61. The molecule has 0 aromatic rings. The maximum absolute atomic E-state index is 11.1. The van der Waals surface area contributed by atoms with E-state index < -0.39 is 0 Å². The van der Waals surface area contributed by atoms with Gasteiger partial charge < -0.3 is 9.69 Å². The van der Waals surface area contributed by atoms with Crippen LogP contribution in [0, 0.1) is 0 Å². The van der Waals surface area contributed by atoms with Crippen molar-refractivity contribution in [1.82, 2.24) is 4.90 Å². The van der Waals surface area contributed by atoms with Crippen molar-refractivity contribution in [3.8, 4) is 0 Å². The first-order valence-corrected chi connectivity index (χ1v) is 3.60. The molecular formula is C7H11BNO2. The first-order chi connectivity index (χ1) is 4.91. The van der Waals surface area contributed by atoms with Crippen LogP contribution in [0.5, 0.6) is 0 Å². The Hall–Kier alpha value is -0.795. The molecule has 0 atom stereocenters. The van der Waals surface area contributed by atoms with E-state index in [4.69, 9.17) is 0 Å². The van der Waals surface area contributed by atoms with Crippen LogP contribution in [0.25, 0.3) is 0 Å². The average molecular weight is 152 g/mol. The topological polar surface area (TPSA) is 37.4 Å². The van der Waals surface area contributed by atoms with Gasteiger partial charge in [-0.1, -0.05) is 0 Å². The average Bonchev–Trinajstić information content (AvgIpc) is 2.08. The molecular weight excluding hydrogens is 141 g/mol. The van der Waals surface area contributed by atoms with E-state index in [-0.39, 0.29) is 23.6 Å². The van der Waals surface area contributed by atoms with Gasteiger partial charge in [0.05, 0.1) is 6.54 Å². The van der Waals surface area contributed by atoms with Crippen LogP contribution in [0.2, 0.25) is 0 Å². The van der Waals surface area contributed by atoms with E-state index in [1.54, 1.807) is 4.90 Å². The maximum atomic E-state index is 11.1. The van der Waals surface area contributed by atoms with Crippen LogP contribution in [-0.4, -0.2) is 35.8 Å². The fourth-order valence-corrected chi connectivity index (χ4v) is 1.06. The molecule has 1 fully saturated rings. The Kier molecular flexibility index (Phi) is 1.78. The summed E-state index contributed by atoms with van der Waals surface area (Å²) in [5, 5.41) is 0. The van der Waals surface area contributed by atoms with Crippen LogP contribution in [0.1, 0.15) is 20.8 Å². The van der Waals surface area contributed by atoms with Gasteiger partial charge in [0.2, 0.25) is 0 Å². The monoisotopic (exact) mass is 152 g/mol. The lowest BCUT2D eigenvalue weighted by Crippen LogP contribution is -2.42. The Labute approximate surface area is 67.0 Å². The molecule has 0 aromatic carbocycles. The molecule has 4 heteroatoms. The van der Waals surface area contributed by atoms with Gasteiger partial charge in [0.25, 0.3) is 0 Å². The second kappa shape index (κ2) is 2.36. The number of carbonyl (C=O) groups excluding carboxylic acids is 2. The van der Waals surface area contributed by atoms with Crippen molar-refractivity contribution < 1.29 is 9.59 Å². The van der Waals surface area contributed by atoms with Gasteiger partial charge >= 0.3 is 7.28 Å². The quantitative estimate of drug-likeness (QED) is 0.472. The lowest BCUT2D eigenvalue weighted by Gasteiger charge is -2.31. The molecule has 1 heterocycles. The van der Waals surface area contributed by atoms with Gasteiger partial charge in [0.15, 0.2) is 5.81 Å². The number of amides is 1. The van der Waals surface area contributed by atoms with Gasteiger partial charge in [-0.15, -0.1) is 0 Å². The van der Waals surface area contributed by atoms with E-state index in [9.17, 15) is 9.59 Å². The lowest BCUT2D eigenvalue weighted by molar-refractivity contribution is -0.112. The van der Waals surface area contributed by atoms with Crippen molar-refractivity contribution >= 4 is 18.8 Å². The van der Waals surface area contributed by atoms with Gasteiger partial charge in [0.1, 0.15) is 5.68 Å². The summed E-state index contributed by atoms with van der Waals surface area (Å²) in [6.07, 6.45) is 0. The molecule has 0 spiro atoms. The summed E-state index contributed by atoms with van der Waals surface area (Å²) in [7, 11) is 1.16. The minimum absolute atomic E-state index is 0.0927. The van der Waals surface area contributed by atoms with Gasteiger partial charge in [-0.05, 0) is 20.8 Å². The molecule has 0 bridgehead atoms. The van der Waals surface area contributed by atoms with Crippen LogP contribution in [0.15, 0.2) is 0 Å². The highest BCUT2D eigenvalue weighted by Gasteiger charge is 2.35. The van der Waals surface area contributed by atoms with E-state index in [1.807, 2.05) is 20.8 Å². The fourth-order valence-electron chi connectivity index (χ4n) is 1.06. The van der Waals surface area contributed by atoms with Crippen molar-refractivity contribution in [3.05, 3.63) is 0 Å². The lowest BCUT2D eigenvalue weighted by atomic mass is 9.76. The van der Waals surface area contributed by atoms with Crippen molar-refractivity contribution in [2.75, 3.05) is 6.54 Å². The largest absolute Gasteiger partial charge is 0.340 e. The van der Waals surface area contributed by atoms with Crippen molar-refractivity contribution in [3.63, 3.8) is 0 Å². The Morgan fingerprint density at radius 1 is 1.36 bits per heavy atom. The second-order valence-electron chi connectivity index (χ2n) is 3.71. The molecule has 0 aromatic heterocycles. The summed E-state index contributed by atoms with van der Waals surface area (Å²) >= 11 is 0. The van der Waals surface area contributed by atoms with Crippen molar-refractivity contribution in [1.29, 1.82) is 0 Å². The second-order valence-corrected chi connectivity index (χ2v) is 3.71. The number of rotatable bonds is 0. The van der Waals surface area contributed by atoms with E-state index in [0.717, 1.165) is 7.28 Å². The highest BCUT2D eigenvalue weighted by molar-refractivity contribution is 6.99. The molecule has 1 radical (unpaired) electrons. The van der Waals surface area contributed by atoms with Crippen LogP contribution < -0.4 is 0 Å². The maximum Gasteiger partial charge on any atom is 0.323 e. The summed E-state index contributed by atoms with van der Waals surface area (Å²) in [5.74, 6) is -0.164.